The van der Waals surface area contributed by atoms with E-state index in [9.17, 15) is 0 Å². The third kappa shape index (κ3) is 3.44. The molecule has 0 amide bonds. The van der Waals surface area contributed by atoms with E-state index in [1.54, 1.807) is 15.3 Å². The minimum atomic E-state index is 0.526. The molecular weight excluding hydrogens is 264 g/mol. The van der Waals surface area contributed by atoms with Gasteiger partial charge in [-0.2, -0.15) is 0 Å². The van der Waals surface area contributed by atoms with Crippen molar-refractivity contribution in [2.45, 2.75) is 51.5 Å². The number of nitrogens with one attached hydrogen (secondary N) is 1. The predicted molar refractivity (Wildman–Crippen MR) is 87.6 cm³/mol. The number of hydrogen-bond donors (Lipinski definition) is 1. The van der Waals surface area contributed by atoms with Gasteiger partial charge in [0.15, 0.2) is 0 Å². The van der Waals surface area contributed by atoms with Crippen molar-refractivity contribution >= 4 is 11.3 Å². The standard InChI is InChI=1S/C17H28N2S/c1-13(18-11-14-6-5-9-19(2)12-14)17-10-15-7-3-4-8-16(15)20-17/h10,13-14,18H,3-9,11-12H2,1-2H3. The van der Waals surface area contributed by atoms with Gasteiger partial charge in [-0.25, -0.2) is 0 Å². The summed E-state index contributed by atoms with van der Waals surface area (Å²) in [5.74, 6) is 0.839. The summed E-state index contributed by atoms with van der Waals surface area (Å²) < 4.78 is 0. The van der Waals surface area contributed by atoms with Crippen LogP contribution in [0.5, 0.6) is 0 Å². The van der Waals surface area contributed by atoms with Crippen molar-refractivity contribution in [1.29, 1.82) is 0 Å². The van der Waals surface area contributed by atoms with E-state index >= 15 is 0 Å². The third-order valence-electron chi connectivity index (χ3n) is 4.88. The van der Waals surface area contributed by atoms with Crippen LogP contribution < -0.4 is 5.32 Å². The van der Waals surface area contributed by atoms with E-state index in [0.717, 1.165) is 5.92 Å². The van der Waals surface area contributed by atoms with Crippen LogP contribution in [0.15, 0.2) is 6.07 Å². The number of aryl methyl sites for hydroxylation is 2. The third-order valence-corrected chi connectivity index (χ3v) is 6.30. The SMILES string of the molecule is CC(NCC1CCCN(C)C1)c1cc2c(s1)CCCC2. The highest BCUT2D eigenvalue weighted by Gasteiger charge is 2.20. The van der Waals surface area contributed by atoms with Crippen LogP contribution in [0.1, 0.15) is 54.0 Å². The van der Waals surface area contributed by atoms with E-state index in [1.165, 1.54) is 58.2 Å². The largest absolute Gasteiger partial charge is 0.309 e. The molecule has 1 aliphatic heterocycles. The smallest absolute Gasteiger partial charge is 0.0386 e. The van der Waals surface area contributed by atoms with Gasteiger partial charge in [-0.1, -0.05) is 0 Å². The number of likely N-dealkylation sites (tertiary alicyclic amines) is 1. The lowest BCUT2D eigenvalue weighted by Crippen LogP contribution is -2.37. The zero-order chi connectivity index (χ0) is 13.9. The lowest BCUT2D eigenvalue weighted by atomic mass is 9.97. The Morgan fingerprint density at radius 2 is 2.20 bits per heavy atom. The maximum absolute atomic E-state index is 3.78. The highest BCUT2D eigenvalue weighted by molar-refractivity contribution is 7.12. The minimum Gasteiger partial charge on any atom is -0.309 e. The van der Waals surface area contributed by atoms with E-state index in [0.29, 0.717) is 6.04 Å². The summed E-state index contributed by atoms with van der Waals surface area (Å²) in [6.07, 6.45) is 8.17. The Balaban J connectivity index is 1.53. The second-order valence-electron chi connectivity index (χ2n) is 6.70. The second kappa shape index (κ2) is 6.59. The van der Waals surface area contributed by atoms with Gasteiger partial charge >= 0.3 is 0 Å². The van der Waals surface area contributed by atoms with Gasteiger partial charge in [0, 0.05) is 22.3 Å². The fourth-order valence-corrected chi connectivity index (χ4v) is 4.90. The zero-order valence-electron chi connectivity index (χ0n) is 13.0. The Morgan fingerprint density at radius 1 is 1.35 bits per heavy atom. The molecule has 0 saturated carbocycles. The molecule has 1 fully saturated rings. The highest BCUT2D eigenvalue weighted by atomic mass is 32.1. The molecule has 1 saturated heterocycles. The maximum atomic E-state index is 3.78. The normalized spacial score (nSPS) is 25.4. The summed E-state index contributed by atoms with van der Waals surface area (Å²) in [6.45, 7) is 6.06. The Bertz CT molecular complexity index is 417. The Kier molecular flexibility index (Phi) is 4.79. The predicted octanol–water partition coefficient (Wildman–Crippen LogP) is 3.62. The van der Waals surface area contributed by atoms with Gasteiger partial charge in [0.05, 0.1) is 0 Å². The highest BCUT2D eigenvalue weighted by Crippen LogP contribution is 2.32. The molecule has 2 nitrogen and oxygen atoms in total. The first-order valence-electron chi connectivity index (χ1n) is 8.26. The number of fused-ring (bicyclic) bond motifs is 1. The summed E-state index contributed by atoms with van der Waals surface area (Å²) in [5, 5.41) is 3.78. The number of thiophene rings is 1. The van der Waals surface area contributed by atoms with Crippen LogP contribution in [0, 0.1) is 5.92 Å². The monoisotopic (exact) mass is 292 g/mol. The van der Waals surface area contributed by atoms with Crippen molar-refractivity contribution in [1.82, 2.24) is 10.2 Å². The van der Waals surface area contributed by atoms with Gasteiger partial charge in [-0.15, -0.1) is 11.3 Å². The van der Waals surface area contributed by atoms with Crippen molar-refractivity contribution in [3.8, 4) is 0 Å². The van der Waals surface area contributed by atoms with Gasteiger partial charge < -0.3 is 10.2 Å². The van der Waals surface area contributed by atoms with Crippen molar-refractivity contribution < 1.29 is 0 Å². The van der Waals surface area contributed by atoms with Gasteiger partial charge in [-0.05, 0) is 83.1 Å². The van der Waals surface area contributed by atoms with E-state index in [1.807, 2.05) is 0 Å². The Labute approximate surface area is 127 Å². The van der Waals surface area contributed by atoms with Crippen molar-refractivity contribution in [3.63, 3.8) is 0 Å². The first kappa shape index (κ1) is 14.6. The van der Waals surface area contributed by atoms with Crippen LogP contribution in [0.3, 0.4) is 0 Å². The number of rotatable bonds is 4. The average Bonchev–Trinajstić information content (AvgIpc) is 2.89. The summed E-state index contributed by atoms with van der Waals surface area (Å²) in [6, 6.07) is 3.00. The van der Waals surface area contributed by atoms with Crippen LogP contribution >= 0.6 is 11.3 Å². The molecule has 1 aromatic heterocycles. The molecule has 112 valence electrons. The van der Waals surface area contributed by atoms with E-state index in [-0.39, 0.29) is 0 Å². The molecule has 2 unspecified atom stereocenters. The topological polar surface area (TPSA) is 15.3 Å². The Morgan fingerprint density at radius 3 is 3.00 bits per heavy atom. The van der Waals surface area contributed by atoms with Crippen molar-refractivity contribution in [3.05, 3.63) is 21.4 Å². The lowest BCUT2D eigenvalue weighted by molar-refractivity contribution is 0.203. The number of piperidine rings is 1. The molecule has 1 N–H and O–H groups in total. The lowest BCUT2D eigenvalue weighted by Gasteiger charge is -2.30. The summed E-state index contributed by atoms with van der Waals surface area (Å²) in [5.41, 5.74) is 1.64. The molecule has 1 aliphatic carbocycles. The van der Waals surface area contributed by atoms with Crippen molar-refractivity contribution in [2.24, 2.45) is 5.92 Å². The van der Waals surface area contributed by atoms with Gasteiger partial charge in [-0.3, -0.25) is 0 Å². The fourth-order valence-electron chi connectivity index (χ4n) is 3.61. The van der Waals surface area contributed by atoms with Gasteiger partial charge in [0.25, 0.3) is 0 Å². The molecule has 1 aromatic rings. The van der Waals surface area contributed by atoms with Crippen LogP contribution in [0.2, 0.25) is 0 Å². The fraction of sp³-hybridized carbons (Fsp3) is 0.765. The molecule has 2 heterocycles. The molecule has 20 heavy (non-hydrogen) atoms. The molecular formula is C17H28N2S. The van der Waals surface area contributed by atoms with Crippen LogP contribution in [-0.4, -0.2) is 31.6 Å². The van der Waals surface area contributed by atoms with E-state index < -0.39 is 0 Å². The zero-order valence-corrected chi connectivity index (χ0v) is 13.8. The molecule has 0 spiro atoms. The first-order chi connectivity index (χ1) is 9.72. The summed E-state index contributed by atoms with van der Waals surface area (Å²) >= 11 is 2.06. The molecule has 2 atom stereocenters. The molecule has 3 heteroatoms. The Hall–Kier alpha value is -0.380. The van der Waals surface area contributed by atoms with Crippen LogP contribution in [0.25, 0.3) is 0 Å². The molecule has 0 aromatic carbocycles. The number of nitrogens with zero attached hydrogens (tertiary/aromatic N) is 1. The van der Waals surface area contributed by atoms with E-state index in [4.69, 9.17) is 0 Å². The minimum absolute atomic E-state index is 0.526. The van der Waals surface area contributed by atoms with E-state index in [2.05, 4.69) is 41.6 Å². The number of hydrogen-bond acceptors (Lipinski definition) is 3. The summed E-state index contributed by atoms with van der Waals surface area (Å²) in [4.78, 5) is 5.70. The van der Waals surface area contributed by atoms with Crippen LogP contribution in [-0.2, 0) is 12.8 Å². The van der Waals surface area contributed by atoms with Crippen LogP contribution in [0.4, 0.5) is 0 Å². The molecule has 3 rings (SSSR count). The second-order valence-corrected chi connectivity index (χ2v) is 7.87. The maximum Gasteiger partial charge on any atom is 0.0386 e. The van der Waals surface area contributed by atoms with Crippen molar-refractivity contribution in [2.75, 3.05) is 26.7 Å². The van der Waals surface area contributed by atoms with Gasteiger partial charge in [0.2, 0.25) is 0 Å². The summed E-state index contributed by atoms with van der Waals surface area (Å²) in [7, 11) is 2.25. The molecule has 2 aliphatic rings. The van der Waals surface area contributed by atoms with Gasteiger partial charge in [0.1, 0.15) is 0 Å². The average molecular weight is 292 g/mol. The first-order valence-corrected chi connectivity index (χ1v) is 9.07. The molecule has 0 bridgehead atoms. The quantitative estimate of drug-likeness (QED) is 0.912. The molecule has 0 radical (unpaired) electrons.